The molecule has 2 aromatic rings. The fraction of sp³-hybridized carbons (Fsp3) is 0.0556. The van der Waals surface area contributed by atoms with Gasteiger partial charge in [-0.3, -0.25) is 14.9 Å². The molecule has 2 amide bonds. The summed E-state index contributed by atoms with van der Waals surface area (Å²) in [5, 5.41) is 11.0. The van der Waals surface area contributed by atoms with E-state index >= 15 is 0 Å². The largest absolute Gasteiger partial charge is 0.493 e. The fourth-order valence-electron chi connectivity index (χ4n) is 2.21. The third-order valence-corrected chi connectivity index (χ3v) is 4.54. The Balaban J connectivity index is 1.87. The number of amides is 2. The summed E-state index contributed by atoms with van der Waals surface area (Å²) >= 11 is 6.85. The molecule has 2 aromatic carbocycles. The lowest BCUT2D eigenvalue weighted by Crippen LogP contribution is -2.17. The van der Waals surface area contributed by atoms with E-state index in [0.717, 1.165) is 11.8 Å². The number of benzene rings is 2. The van der Waals surface area contributed by atoms with E-state index in [1.54, 1.807) is 42.5 Å². The predicted octanol–water partition coefficient (Wildman–Crippen LogP) is 4.34. The van der Waals surface area contributed by atoms with Crippen LogP contribution in [-0.2, 0) is 4.79 Å². The smallest absolute Gasteiger partial charge is 0.290 e. The minimum atomic E-state index is -0.425. The van der Waals surface area contributed by atoms with E-state index in [-0.39, 0.29) is 0 Å². The van der Waals surface area contributed by atoms with E-state index in [1.165, 1.54) is 7.11 Å². The number of nitriles is 1. The van der Waals surface area contributed by atoms with Crippen LogP contribution in [0.1, 0.15) is 11.1 Å². The first kappa shape index (κ1) is 17.9. The van der Waals surface area contributed by atoms with Crippen LogP contribution in [0.15, 0.2) is 41.3 Å². The van der Waals surface area contributed by atoms with Crippen molar-refractivity contribution in [1.29, 1.82) is 5.26 Å². The molecule has 0 aromatic heterocycles. The summed E-state index contributed by atoms with van der Waals surface area (Å²) in [5.74, 6) is 0.908. The first-order chi connectivity index (χ1) is 12.5. The van der Waals surface area contributed by atoms with E-state index in [1.807, 2.05) is 6.07 Å². The first-order valence-electron chi connectivity index (χ1n) is 7.30. The molecule has 1 heterocycles. The van der Waals surface area contributed by atoms with Crippen molar-refractivity contribution in [2.45, 2.75) is 0 Å². The molecule has 0 aliphatic carbocycles. The molecule has 1 saturated heterocycles. The van der Waals surface area contributed by atoms with Gasteiger partial charge in [-0.25, -0.2) is 0 Å². The highest BCUT2D eigenvalue weighted by Gasteiger charge is 2.25. The summed E-state index contributed by atoms with van der Waals surface area (Å²) in [6.07, 6.45) is 1.59. The van der Waals surface area contributed by atoms with Crippen molar-refractivity contribution < 1.29 is 19.1 Å². The molecule has 8 heteroatoms. The minimum absolute atomic E-state index is 0.291. The number of nitrogens with zero attached hydrogens (tertiary/aromatic N) is 1. The van der Waals surface area contributed by atoms with E-state index in [4.69, 9.17) is 26.3 Å². The fourth-order valence-corrected chi connectivity index (χ4v) is 3.10. The molecule has 130 valence electrons. The number of methoxy groups -OCH3 is 1. The molecular weight excluding hydrogens is 376 g/mol. The van der Waals surface area contributed by atoms with Crippen molar-refractivity contribution in [3.8, 4) is 23.3 Å². The molecular formula is C18H11ClN2O4S. The Labute approximate surface area is 158 Å². The molecule has 6 nitrogen and oxygen atoms in total. The maximum atomic E-state index is 11.6. The molecule has 26 heavy (non-hydrogen) atoms. The Morgan fingerprint density at radius 1 is 1.19 bits per heavy atom. The van der Waals surface area contributed by atoms with Crippen LogP contribution in [0.2, 0.25) is 5.02 Å². The maximum Gasteiger partial charge on any atom is 0.290 e. The lowest BCUT2D eigenvalue weighted by molar-refractivity contribution is -0.115. The number of carbonyl (C=O) groups is 2. The van der Waals surface area contributed by atoms with E-state index < -0.39 is 11.1 Å². The van der Waals surface area contributed by atoms with Crippen LogP contribution in [-0.4, -0.2) is 18.3 Å². The molecule has 3 rings (SSSR count). The normalized spacial score (nSPS) is 14.9. The van der Waals surface area contributed by atoms with Crippen molar-refractivity contribution in [2.24, 2.45) is 0 Å². The third-order valence-electron chi connectivity index (χ3n) is 3.42. The highest BCUT2D eigenvalue weighted by atomic mass is 35.5. The zero-order valence-electron chi connectivity index (χ0n) is 13.4. The number of halogens is 1. The zero-order valence-corrected chi connectivity index (χ0v) is 15.0. The van der Waals surface area contributed by atoms with E-state index in [0.29, 0.717) is 38.3 Å². The van der Waals surface area contributed by atoms with Crippen molar-refractivity contribution in [3.05, 3.63) is 57.5 Å². The number of ether oxygens (including phenoxy) is 2. The Hall–Kier alpha value is -2.95. The second kappa shape index (κ2) is 7.52. The van der Waals surface area contributed by atoms with Gasteiger partial charge in [-0.15, -0.1) is 0 Å². The SMILES string of the molecule is COc1cc(/C=C2\SC(=O)NC2=O)ccc1Oc1ccc(C#N)c(Cl)c1. The standard InChI is InChI=1S/C18H11ClN2O4S/c1-24-15-6-10(7-16-17(22)21-18(23)26-16)2-5-14(15)25-12-4-3-11(9-20)13(19)8-12/h2-8H,1H3,(H,21,22,23)/b16-7-. The molecule has 0 bridgehead atoms. The molecule has 0 saturated carbocycles. The third kappa shape index (κ3) is 3.82. The summed E-state index contributed by atoms with van der Waals surface area (Å²) in [5.41, 5.74) is 1.04. The molecule has 1 aliphatic rings. The van der Waals surface area contributed by atoms with Gasteiger partial charge in [-0.1, -0.05) is 17.7 Å². The summed E-state index contributed by atoms with van der Waals surface area (Å²) < 4.78 is 11.1. The van der Waals surface area contributed by atoms with Crippen molar-refractivity contribution >= 4 is 40.6 Å². The van der Waals surface area contributed by atoms with Gasteiger partial charge in [-0.05, 0) is 47.7 Å². The summed E-state index contributed by atoms with van der Waals surface area (Å²) in [4.78, 5) is 23.2. The first-order valence-corrected chi connectivity index (χ1v) is 8.50. The van der Waals surface area contributed by atoms with Crippen LogP contribution in [0.3, 0.4) is 0 Å². The monoisotopic (exact) mass is 386 g/mol. The Morgan fingerprint density at radius 2 is 2.00 bits per heavy atom. The van der Waals surface area contributed by atoms with Gasteiger partial charge < -0.3 is 9.47 Å². The molecule has 1 fully saturated rings. The molecule has 0 unspecified atom stereocenters. The van der Waals surface area contributed by atoms with Crippen molar-refractivity contribution in [2.75, 3.05) is 7.11 Å². The number of rotatable bonds is 4. The van der Waals surface area contributed by atoms with Gasteiger partial charge in [0, 0.05) is 6.07 Å². The van der Waals surface area contributed by atoms with Gasteiger partial charge in [0.25, 0.3) is 11.1 Å². The summed E-state index contributed by atoms with van der Waals surface area (Å²) in [7, 11) is 1.49. The van der Waals surface area contributed by atoms with Crippen LogP contribution >= 0.6 is 23.4 Å². The molecule has 0 spiro atoms. The highest BCUT2D eigenvalue weighted by molar-refractivity contribution is 8.18. The van der Waals surface area contributed by atoms with Gasteiger partial charge in [0.05, 0.1) is 22.6 Å². The summed E-state index contributed by atoms with van der Waals surface area (Å²) in [6.45, 7) is 0. The molecule has 0 radical (unpaired) electrons. The average molecular weight is 387 g/mol. The summed E-state index contributed by atoms with van der Waals surface area (Å²) in [6, 6.07) is 11.8. The van der Waals surface area contributed by atoms with Gasteiger partial charge in [0.1, 0.15) is 11.8 Å². The number of nitrogens with one attached hydrogen (secondary N) is 1. The predicted molar refractivity (Wildman–Crippen MR) is 98.3 cm³/mol. The number of carbonyl (C=O) groups excluding carboxylic acids is 2. The molecule has 1 N–H and O–H groups in total. The van der Waals surface area contributed by atoms with Crippen LogP contribution in [0.25, 0.3) is 6.08 Å². The number of hydrogen-bond acceptors (Lipinski definition) is 6. The second-order valence-electron chi connectivity index (χ2n) is 5.12. The quantitative estimate of drug-likeness (QED) is 0.786. The van der Waals surface area contributed by atoms with Crippen molar-refractivity contribution in [1.82, 2.24) is 5.32 Å². The topological polar surface area (TPSA) is 88.4 Å². The minimum Gasteiger partial charge on any atom is -0.493 e. The number of thioether (sulfide) groups is 1. The number of hydrogen-bond donors (Lipinski definition) is 1. The van der Waals surface area contributed by atoms with E-state index in [2.05, 4.69) is 5.32 Å². The van der Waals surface area contributed by atoms with Crippen molar-refractivity contribution in [3.63, 3.8) is 0 Å². The average Bonchev–Trinajstić information content (AvgIpc) is 2.93. The molecule has 1 aliphatic heterocycles. The zero-order chi connectivity index (χ0) is 18.7. The lowest BCUT2D eigenvalue weighted by Gasteiger charge is -2.11. The van der Waals surface area contributed by atoms with Gasteiger partial charge >= 0.3 is 0 Å². The van der Waals surface area contributed by atoms with Crippen LogP contribution in [0.4, 0.5) is 4.79 Å². The van der Waals surface area contributed by atoms with E-state index in [9.17, 15) is 9.59 Å². The maximum absolute atomic E-state index is 11.6. The van der Waals surface area contributed by atoms with Crippen LogP contribution in [0, 0.1) is 11.3 Å². The highest BCUT2D eigenvalue weighted by Crippen LogP contribution is 2.35. The second-order valence-corrected chi connectivity index (χ2v) is 6.54. The van der Waals surface area contributed by atoms with Gasteiger partial charge in [-0.2, -0.15) is 5.26 Å². The Kier molecular flexibility index (Phi) is 5.16. The van der Waals surface area contributed by atoms with Gasteiger partial charge in [0.15, 0.2) is 11.5 Å². The lowest BCUT2D eigenvalue weighted by atomic mass is 10.2. The Morgan fingerprint density at radius 3 is 2.62 bits per heavy atom. The van der Waals surface area contributed by atoms with Gasteiger partial charge in [0.2, 0.25) is 0 Å². The number of imide groups is 1. The molecule has 0 atom stereocenters. The van der Waals surface area contributed by atoms with Crippen LogP contribution < -0.4 is 14.8 Å². The van der Waals surface area contributed by atoms with Crippen LogP contribution in [0.5, 0.6) is 17.2 Å². The Bertz CT molecular complexity index is 982.